The minimum absolute atomic E-state index is 0.0907. The highest BCUT2D eigenvalue weighted by Gasteiger charge is 2.29. The third-order valence-electron chi connectivity index (χ3n) is 4.43. The molecule has 8 heteroatoms. The van der Waals surface area contributed by atoms with Gasteiger partial charge in [0, 0.05) is 37.7 Å². The Balaban J connectivity index is 1.55. The maximum Gasteiger partial charge on any atom is 0.224 e. The lowest BCUT2D eigenvalue weighted by atomic mass is 9.99. The molecule has 134 valence electrons. The highest BCUT2D eigenvalue weighted by atomic mass is 32.2. The topological polar surface area (TPSA) is 84.3 Å². The Kier molecular flexibility index (Phi) is 5.19. The Labute approximate surface area is 147 Å². The normalized spacial score (nSPS) is 18.8. The van der Waals surface area contributed by atoms with Gasteiger partial charge in [-0.1, -0.05) is 12.1 Å². The molecule has 1 aromatic carbocycles. The summed E-state index contributed by atoms with van der Waals surface area (Å²) in [7, 11) is -3.24. The lowest BCUT2D eigenvalue weighted by Gasteiger charge is -2.30. The lowest BCUT2D eigenvalue weighted by Crippen LogP contribution is -2.44. The molecular formula is C17H22N4O3S. The number of benzene rings is 1. The van der Waals surface area contributed by atoms with Gasteiger partial charge in [-0.25, -0.2) is 17.7 Å². The molecule has 7 nitrogen and oxygen atoms in total. The molecular weight excluding hydrogens is 340 g/mol. The van der Waals surface area contributed by atoms with E-state index in [1.165, 1.54) is 10.6 Å². The van der Waals surface area contributed by atoms with E-state index in [0.717, 1.165) is 17.7 Å². The van der Waals surface area contributed by atoms with E-state index < -0.39 is 10.0 Å². The van der Waals surface area contributed by atoms with E-state index >= 15 is 0 Å². The first-order valence-corrected chi connectivity index (χ1v) is 10.1. The molecule has 1 aromatic heterocycles. The molecule has 1 aliphatic rings. The van der Waals surface area contributed by atoms with Crippen molar-refractivity contribution in [2.75, 3.05) is 19.3 Å². The highest BCUT2D eigenvalue weighted by molar-refractivity contribution is 7.88. The van der Waals surface area contributed by atoms with E-state index in [4.69, 9.17) is 0 Å². The molecule has 2 aromatic rings. The quantitative estimate of drug-likeness (QED) is 0.865. The van der Waals surface area contributed by atoms with Gasteiger partial charge in [-0.05, 0) is 30.5 Å². The van der Waals surface area contributed by atoms with Crippen LogP contribution < -0.4 is 5.32 Å². The number of hydrogen-bond acceptors (Lipinski definition) is 4. The molecule has 0 bridgehead atoms. The maximum atomic E-state index is 12.4. The van der Waals surface area contributed by atoms with Crippen LogP contribution in [-0.2, 0) is 21.4 Å². The molecule has 1 N–H and O–H groups in total. The minimum atomic E-state index is -3.24. The van der Waals surface area contributed by atoms with Crippen LogP contribution in [0.25, 0.3) is 5.69 Å². The number of nitrogens with zero attached hydrogens (tertiary/aromatic N) is 3. The summed E-state index contributed by atoms with van der Waals surface area (Å²) >= 11 is 0. The summed E-state index contributed by atoms with van der Waals surface area (Å²) in [6.45, 7) is 1.20. The van der Waals surface area contributed by atoms with Crippen molar-refractivity contribution in [3.8, 4) is 5.69 Å². The molecule has 0 unspecified atom stereocenters. The zero-order chi connectivity index (χ0) is 17.9. The smallest absolute Gasteiger partial charge is 0.224 e. The summed E-state index contributed by atoms with van der Waals surface area (Å²) < 4.78 is 26.6. The van der Waals surface area contributed by atoms with Crippen molar-refractivity contribution >= 4 is 15.9 Å². The SMILES string of the molecule is CS(=O)(=O)N1CCC[C@@H](C(=O)NCc2ccc(-n3ccnc3)cc2)C1. The first kappa shape index (κ1) is 17.6. The van der Waals surface area contributed by atoms with Crippen LogP contribution in [0.2, 0.25) is 0 Å². The Bertz CT molecular complexity index is 816. The summed E-state index contributed by atoms with van der Waals surface area (Å²) in [5.41, 5.74) is 2.00. The molecule has 1 aliphatic heterocycles. The Morgan fingerprint density at radius 2 is 2.08 bits per heavy atom. The fourth-order valence-corrected chi connectivity index (χ4v) is 3.90. The van der Waals surface area contributed by atoms with Crippen molar-refractivity contribution in [2.24, 2.45) is 5.92 Å². The number of aromatic nitrogens is 2. The number of hydrogen-bond donors (Lipinski definition) is 1. The predicted octanol–water partition coefficient (Wildman–Crippen LogP) is 1.16. The van der Waals surface area contributed by atoms with Gasteiger partial charge in [0.25, 0.3) is 0 Å². The lowest BCUT2D eigenvalue weighted by molar-refractivity contribution is -0.126. The van der Waals surface area contributed by atoms with E-state index in [9.17, 15) is 13.2 Å². The third kappa shape index (κ3) is 4.46. The van der Waals surface area contributed by atoms with Gasteiger partial charge in [0.15, 0.2) is 0 Å². The first-order chi connectivity index (χ1) is 11.9. The highest BCUT2D eigenvalue weighted by Crippen LogP contribution is 2.19. The summed E-state index contributed by atoms with van der Waals surface area (Å²) in [6.07, 6.45) is 7.94. The number of imidazole rings is 1. The number of amides is 1. The van der Waals surface area contributed by atoms with Crippen LogP contribution in [-0.4, -0.2) is 47.5 Å². The fourth-order valence-electron chi connectivity index (χ4n) is 2.99. The Morgan fingerprint density at radius 3 is 2.72 bits per heavy atom. The van der Waals surface area contributed by atoms with Gasteiger partial charge in [0.05, 0.1) is 18.5 Å². The largest absolute Gasteiger partial charge is 0.352 e. The van der Waals surface area contributed by atoms with Crippen molar-refractivity contribution in [1.29, 1.82) is 0 Å². The van der Waals surface area contributed by atoms with Crippen LogP contribution in [0, 0.1) is 5.92 Å². The molecule has 3 rings (SSSR count). The number of piperidine rings is 1. The van der Waals surface area contributed by atoms with Crippen LogP contribution in [0.4, 0.5) is 0 Å². The van der Waals surface area contributed by atoms with Gasteiger partial charge in [-0.2, -0.15) is 0 Å². The average Bonchev–Trinajstić information content (AvgIpc) is 3.14. The van der Waals surface area contributed by atoms with E-state index in [1.807, 2.05) is 35.0 Å². The van der Waals surface area contributed by atoms with Crippen LogP contribution in [0.5, 0.6) is 0 Å². The van der Waals surface area contributed by atoms with Crippen molar-refractivity contribution in [2.45, 2.75) is 19.4 Å². The first-order valence-electron chi connectivity index (χ1n) is 8.23. The minimum Gasteiger partial charge on any atom is -0.352 e. The summed E-state index contributed by atoms with van der Waals surface area (Å²) in [4.78, 5) is 16.4. The van der Waals surface area contributed by atoms with Crippen LogP contribution in [0.1, 0.15) is 18.4 Å². The monoisotopic (exact) mass is 362 g/mol. The second kappa shape index (κ2) is 7.37. The Hall–Kier alpha value is -2.19. The van der Waals surface area contributed by atoms with Gasteiger partial charge in [0.1, 0.15) is 0 Å². The molecule has 1 saturated heterocycles. The predicted molar refractivity (Wildman–Crippen MR) is 94.6 cm³/mol. The zero-order valence-corrected chi connectivity index (χ0v) is 14.9. The van der Waals surface area contributed by atoms with Crippen LogP contribution >= 0.6 is 0 Å². The summed E-state index contributed by atoms with van der Waals surface area (Å²) in [6, 6.07) is 7.85. The molecule has 2 heterocycles. The standard InChI is InChI=1S/C17H22N4O3S/c1-25(23,24)21-9-2-3-15(12-21)17(22)19-11-14-4-6-16(7-5-14)20-10-8-18-13-20/h4-8,10,13,15H,2-3,9,11-12H2,1H3,(H,19,22)/t15-/m1/s1. The molecule has 1 fully saturated rings. The van der Waals surface area contributed by atoms with Crippen molar-refractivity contribution < 1.29 is 13.2 Å². The average molecular weight is 362 g/mol. The number of sulfonamides is 1. The zero-order valence-electron chi connectivity index (χ0n) is 14.1. The van der Waals surface area contributed by atoms with Crippen molar-refractivity contribution in [3.05, 3.63) is 48.5 Å². The van der Waals surface area contributed by atoms with Gasteiger partial charge < -0.3 is 9.88 Å². The fraction of sp³-hybridized carbons (Fsp3) is 0.412. The van der Waals surface area contributed by atoms with E-state index in [1.54, 1.807) is 12.5 Å². The molecule has 25 heavy (non-hydrogen) atoms. The van der Waals surface area contributed by atoms with Crippen LogP contribution in [0.3, 0.4) is 0 Å². The maximum absolute atomic E-state index is 12.4. The van der Waals surface area contributed by atoms with Crippen molar-refractivity contribution in [3.63, 3.8) is 0 Å². The molecule has 1 amide bonds. The van der Waals surface area contributed by atoms with Gasteiger partial charge in [0.2, 0.25) is 15.9 Å². The molecule has 0 spiro atoms. The number of nitrogens with one attached hydrogen (secondary N) is 1. The molecule has 0 aliphatic carbocycles. The Morgan fingerprint density at radius 1 is 1.32 bits per heavy atom. The van der Waals surface area contributed by atoms with Crippen LogP contribution in [0.15, 0.2) is 43.0 Å². The molecule has 0 radical (unpaired) electrons. The van der Waals surface area contributed by atoms with E-state index in [2.05, 4.69) is 10.3 Å². The van der Waals surface area contributed by atoms with E-state index in [-0.39, 0.29) is 18.4 Å². The third-order valence-corrected chi connectivity index (χ3v) is 5.70. The van der Waals surface area contributed by atoms with Gasteiger partial charge in [-0.15, -0.1) is 0 Å². The van der Waals surface area contributed by atoms with Gasteiger partial charge in [-0.3, -0.25) is 4.79 Å². The molecule has 0 saturated carbocycles. The van der Waals surface area contributed by atoms with E-state index in [0.29, 0.717) is 19.5 Å². The second-order valence-corrected chi connectivity index (χ2v) is 8.30. The second-order valence-electron chi connectivity index (χ2n) is 6.31. The number of carbonyl (C=O) groups excluding carboxylic acids is 1. The number of rotatable bonds is 5. The number of carbonyl (C=O) groups is 1. The van der Waals surface area contributed by atoms with Crippen molar-refractivity contribution in [1.82, 2.24) is 19.2 Å². The molecule has 1 atom stereocenters. The summed E-state index contributed by atoms with van der Waals surface area (Å²) in [5.74, 6) is -0.374. The summed E-state index contributed by atoms with van der Waals surface area (Å²) in [5, 5.41) is 2.92. The van der Waals surface area contributed by atoms with Gasteiger partial charge >= 0.3 is 0 Å².